The predicted molar refractivity (Wildman–Crippen MR) is 235 cm³/mol. The summed E-state index contributed by atoms with van der Waals surface area (Å²) in [7, 11) is 0. The van der Waals surface area contributed by atoms with Crippen molar-refractivity contribution in [2.45, 2.75) is 0 Å². The highest BCUT2D eigenvalue weighted by Crippen LogP contribution is 2.44. The van der Waals surface area contributed by atoms with Crippen LogP contribution < -0.4 is 0 Å². The Morgan fingerprint density at radius 1 is 0.232 bits per heavy atom. The number of nitrogens with zero attached hydrogens (tertiary/aromatic N) is 3. The van der Waals surface area contributed by atoms with E-state index in [-0.39, 0.29) is 0 Å². The van der Waals surface area contributed by atoms with Crippen molar-refractivity contribution in [2.24, 2.45) is 0 Å². The van der Waals surface area contributed by atoms with E-state index in [0.29, 0.717) is 17.5 Å². The summed E-state index contributed by atoms with van der Waals surface area (Å²) < 4.78 is 0. The summed E-state index contributed by atoms with van der Waals surface area (Å²) in [6.07, 6.45) is 0. The zero-order valence-electron chi connectivity index (χ0n) is 30.2. The summed E-state index contributed by atoms with van der Waals surface area (Å²) in [5.41, 5.74) is 5.14. The fourth-order valence-corrected chi connectivity index (χ4v) is 9.07. The van der Waals surface area contributed by atoms with Crippen molar-refractivity contribution in [3.05, 3.63) is 188 Å². The van der Waals surface area contributed by atoms with Crippen LogP contribution in [0.4, 0.5) is 0 Å². The Bertz CT molecular complexity index is 3520. The van der Waals surface area contributed by atoms with Gasteiger partial charge in [-0.3, -0.25) is 0 Å². The van der Waals surface area contributed by atoms with Gasteiger partial charge in [0, 0.05) is 16.7 Å². The van der Waals surface area contributed by atoms with Crippen LogP contribution in [-0.2, 0) is 0 Å². The smallest absolute Gasteiger partial charge is 0.164 e. The van der Waals surface area contributed by atoms with Crippen molar-refractivity contribution >= 4 is 75.4 Å². The van der Waals surface area contributed by atoms with E-state index in [4.69, 9.17) is 15.0 Å². The van der Waals surface area contributed by atoms with E-state index in [1.54, 1.807) is 0 Å². The minimum absolute atomic E-state index is 0.639. The summed E-state index contributed by atoms with van der Waals surface area (Å²) in [5.74, 6) is 1.93. The van der Waals surface area contributed by atoms with Gasteiger partial charge in [0.05, 0.1) is 0 Å². The molecule has 12 rings (SSSR count). The summed E-state index contributed by atoms with van der Waals surface area (Å²) >= 11 is 0. The van der Waals surface area contributed by atoms with E-state index >= 15 is 0 Å². The second kappa shape index (κ2) is 12.0. The Kier molecular flexibility index (Phi) is 6.63. The van der Waals surface area contributed by atoms with Crippen molar-refractivity contribution in [3.8, 4) is 45.3 Å². The molecule has 258 valence electrons. The third-order valence-corrected chi connectivity index (χ3v) is 11.6. The summed E-state index contributed by atoms with van der Waals surface area (Å²) in [4.78, 5) is 15.7. The average Bonchev–Trinajstić information content (AvgIpc) is 3.27. The number of rotatable bonds is 4. The van der Waals surface area contributed by atoms with Gasteiger partial charge in [-0.15, -0.1) is 0 Å². The first kappa shape index (κ1) is 30.9. The van der Waals surface area contributed by atoms with Crippen molar-refractivity contribution in [1.82, 2.24) is 15.0 Å². The SMILES string of the molecule is c1ccc(-c2nc(-c3cccc(-c4cccc5ccccc45)c3)nc(-c3cc4ccc5cccc6c7cccc8ccc9cccc(c(c3)c4c56)c9c87)n2)cc1. The van der Waals surface area contributed by atoms with Gasteiger partial charge >= 0.3 is 0 Å². The molecule has 1 heterocycles. The van der Waals surface area contributed by atoms with Crippen LogP contribution in [0, 0.1) is 0 Å². The quantitative estimate of drug-likeness (QED) is 0.171. The van der Waals surface area contributed by atoms with Crippen molar-refractivity contribution in [2.75, 3.05) is 0 Å². The lowest BCUT2D eigenvalue weighted by molar-refractivity contribution is 1.07. The predicted octanol–water partition coefficient (Wildman–Crippen LogP) is 14.0. The molecule has 0 aliphatic rings. The average molecular weight is 710 g/mol. The summed E-state index contributed by atoms with van der Waals surface area (Å²) in [6, 6.07) is 67.6. The summed E-state index contributed by atoms with van der Waals surface area (Å²) in [5, 5.41) is 17.3. The third kappa shape index (κ3) is 4.68. The maximum Gasteiger partial charge on any atom is 0.164 e. The highest BCUT2D eigenvalue weighted by Gasteiger charge is 2.19. The van der Waals surface area contributed by atoms with Crippen molar-refractivity contribution < 1.29 is 0 Å². The van der Waals surface area contributed by atoms with Gasteiger partial charge < -0.3 is 0 Å². The zero-order valence-corrected chi connectivity index (χ0v) is 30.2. The van der Waals surface area contributed by atoms with Crippen LogP contribution in [0.5, 0.6) is 0 Å². The molecular weight excluding hydrogens is 679 g/mol. The molecule has 0 spiro atoms. The topological polar surface area (TPSA) is 38.7 Å². The van der Waals surface area contributed by atoms with Gasteiger partial charge in [-0.05, 0) is 105 Å². The summed E-state index contributed by atoms with van der Waals surface area (Å²) in [6.45, 7) is 0. The Morgan fingerprint density at radius 3 is 1.38 bits per heavy atom. The van der Waals surface area contributed by atoms with Crippen LogP contribution in [-0.4, -0.2) is 15.0 Å². The molecule has 0 N–H and O–H groups in total. The molecule has 0 atom stereocenters. The molecule has 0 bridgehead atoms. The molecule has 0 aliphatic heterocycles. The van der Waals surface area contributed by atoms with E-state index in [1.165, 1.54) is 75.6 Å². The molecule has 56 heavy (non-hydrogen) atoms. The van der Waals surface area contributed by atoms with Gasteiger partial charge in [0.25, 0.3) is 0 Å². The molecule has 3 heteroatoms. The number of hydrogen-bond acceptors (Lipinski definition) is 3. The number of fused-ring (bicyclic) bond motifs is 3. The fraction of sp³-hybridized carbons (Fsp3) is 0. The second-order valence-corrected chi connectivity index (χ2v) is 14.7. The first-order valence-corrected chi connectivity index (χ1v) is 19.1. The normalized spacial score (nSPS) is 11.9. The van der Waals surface area contributed by atoms with Crippen LogP contribution in [0.2, 0.25) is 0 Å². The monoisotopic (exact) mass is 709 g/mol. The molecule has 0 amide bonds. The number of benzene rings is 10. The molecule has 3 nitrogen and oxygen atoms in total. The standard InChI is InChI=1S/C53H31N3/c1-2-12-36(13-3-1)51-54-52(39-19-6-18-37(29-39)42-21-7-14-32-11-4-5-20-41(32)42)56-53(55-51)40-30-38-28-27-35-16-9-23-44-43-22-8-15-33-25-26-34-17-10-24-45(49(34)47(33)43)46(31-40)50(38)48(35)44/h1-31H. The molecule has 0 saturated heterocycles. The number of aromatic nitrogens is 3. The second-order valence-electron chi connectivity index (χ2n) is 14.7. The molecule has 0 unspecified atom stereocenters. The van der Waals surface area contributed by atoms with Gasteiger partial charge in [-0.1, -0.05) is 170 Å². The van der Waals surface area contributed by atoms with Crippen LogP contribution in [0.3, 0.4) is 0 Å². The van der Waals surface area contributed by atoms with Crippen molar-refractivity contribution in [3.63, 3.8) is 0 Å². The largest absolute Gasteiger partial charge is 0.208 e. The van der Waals surface area contributed by atoms with E-state index in [0.717, 1.165) is 27.6 Å². The highest BCUT2D eigenvalue weighted by molar-refractivity contribution is 6.37. The fourth-order valence-electron chi connectivity index (χ4n) is 9.07. The Balaban J connectivity index is 1.16. The van der Waals surface area contributed by atoms with E-state index in [1.807, 2.05) is 18.2 Å². The van der Waals surface area contributed by atoms with Gasteiger partial charge in [0.15, 0.2) is 17.5 Å². The maximum absolute atomic E-state index is 5.30. The molecule has 1 aromatic heterocycles. The van der Waals surface area contributed by atoms with E-state index in [9.17, 15) is 0 Å². The zero-order chi connectivity index (χ0) is 36.7. The molecule has 0 saturated carbocycles. The molecule has 12 aromatic rings. The number of hydrogen-bond donors (Lipinski definition) is 0. The minimum atomic E-state index is 0.639. The Labute approximate surface area is 322 Å². The third-order valence-electron chi connectivity index (χ3n) is 11.6. The molecular formula is C53H31N3. The van der Waals surface area contributed by atoms with E-state index in [2.05, 4.69) is 170 Å². The maximum atomic E-state index is 5.30. The van der Waals surface area contributed by atoms with Crippen LogP contribution in [0.1, 0.15) is 0 Å². The van der Waals surface area contributed by atoms with Crippen LogP contribution in [0.15, 0.2) is 188 Å². The molecule has 11 aromatic carbocycles. The molecule has 0 aliphatic carbocycles. The van der Waals surface area contributed by atoms with Gasteiger partial charge in [-0.25, -0.2) is 15.0 Å². The highest BCUT2D eigenvalue weighted by atomic mass is 15.0. The van der Waals surface area contributed by atoms with E-state index < -0.39 is 0 Å². The lowest BCUT2D eigenvalue weighted by Gasteiger charge is -2.17. The van der Waals surface area contributed by atoms with Gasteiger partial charge in [-0.2, -0.15) is 0 Å². The first-order chi connectivity index (χ1) is 27.7. The lowest BCUT2D eigenvalue weighted by Crippen LogP contribution is -2.00. The van der Waals surface area contributed by atoms with Crippen LogP contribution in [0.25, 0.3) is 121 Å². The Morgan fingerprint density at radius 2 is 0.679 bits per heavy atom. The van der Waals surface area contributed by atoms with Crippen LogP contribution >= 0.6 is 0 Å². The lowest BCUT2D eigenvalue weighted by atomic mass is 9.87. The van der Waals surface area contributed by atoms with Gasteiger partial charge in [0.1, 0.15) is 0 Å². The van der Waals surface area contributed by atoms with Crippen molar-refractivity contribution in [1.29, 1.82) is 0 Å². The molecule has 0 fully saturated rings. The van der Waals surface area contributed by atoms with Gasteiger partial charge in [0.2, 0.25) is 0 Å². The Hall–Kier alpha value is -7.49. The molecule has 0 radical (unpaired) electrons. The minimum Gasteiger partial charge on any atom is -0.208 e. The first-order valence-electron chi connectivity index (χ1n) is 19.1.